The number of nitrogens with zero attached hydrogens (tertiary/aromatic N) is 2. The van der Waals surface area contributed by atoms with Gasteiger partial charge in [-0.25, -0.2) is 4.99 Å². The fourth-order valence-electron chi connectivity index (χ4n) is 0.914. The molecule has 0 heterocycles. The van der Waals surface area contributed by atoms with Gasteiger partial charge in [0.15, 0.2) is 0 Å². The first kappa shape index (κ1) is 10.1. The van der Waals surface area contributed by atoms with Gasteiger partial charge in [-0.15, -0.1) is 0 Å². The van der Waals surface area contributed by atoms with Gasteiger partial charge >= 0.3 is 5.69 Å². The molecule has 0 fully saturated rings. The van der Waals surface area contributed by atoms with E-state index < -0.39 is 16.4 Å². The number of nitro benzene ring substituents is 1. The van der Waals surface area contributed by atoms with Crippen LogP contribution in [-0.4, -0.2) is 10.8 Å². The number of amidine groups is 1. The molecule has 0 amide bonds. The van der Waals surface area contributed by atoms with Crippen molar-refractivity contribution in [2.75, 3.05) is 0 Å². The molecule has 0 saturated heterocycles. The Balaban J connectivity index is 3.20. The van der Waals surface area contributed by atoms with Crippen LogP contribution >= 0.6 is 0 Å². The zero-order valence-electron chi connectivity index (χ0n) is 7.40. The molecule has 0 radical (unpaired) electrons. The van der Waals surface area contributed by atoms with Gasteiger partial charge in [0.05, 0.1) is 16.4 Å². The van der Waals surface area contributed by atoms with E-state index in [9.17, 15) is 14.5 Å². The number of hydrogen-bond donors (Lipinski definition) is 1. The van der Waals surface area contributed by atoms with E-state index in [0.717, 1.165) is 12.1 Å². The van der Waals surface area contributed by atoms with Gasteiger partial charge < -0.3 is 5.73 Å². The monoisotopic (exact) mass is 197 g/mol. The van der Waals surface area contributed by atoms with Crippen LogP contribution in [0.4, 0.5) is 15.8 Å². The number of rotatable bonds is 2. The first-order valence-electron chi connectivity index (χ1n) is 3.75. The number of nitrogens with two attached hydrogens (primary N) is 1. The van der Waals surface area contributed by atoms with Gasteiger partial charge in [0.1, 0.15) is 0 Å². The second kappa shape index (κ2) is 3.82. The minimum Gasteiger partial charge on any atom is -0.387 e. The molecule has 1 aromatic rings. The third-order valence-electron chi connectivity index (χ3n) is 1.43. The summed E-state index contributed by atoms with van der Waals surface area (Å²) in [6.45, 7) is 1.54. The smallest absolute Gasteiger partial charge is 0.306 e. The van der Waals surface area contributed by atoms with E-state index in [4.69, 9.17) is 5.73 Å². The first-order chi connectivity index (χ1) is 6.50. The van der Waals surface area contributed by atoms with Crippen LogP contribution in [-0.2, 0) is 0 Å². The highest BCUT2D eigenvalue weighted by Crippen LogP contribution is 2.23. The van der Waals surface area contributed by atoms with Crippen LogP contribution in [0.3, 0.4) is 0 Å². The fourth-order valence-corrected chi connectivity index (χ4v) is 0.914. The maximum atomic E-state index is 12.8. The van der Waals surface area contributed by atoms with Crippen LogP contribution in [0, 0.1) is 15.9 Å². The molecule has 1 aromatic carbocycles. The van der Waals surface area contributed by atoms with Gasteiger partial charge in [0, 0.05) is 6.07 Å². The third-order valence-corrected chi connectivity index (χ3v) is 1.43. The van der Waals surface area contributed by atoms with E-state index in [-0.39, 0.29) is 11.5 Å². The SMILES string of the molecule is CC(N)=Nc1ccc(F)c([N+](=O)[O-])c1. The molecular weight excluding hydrogens is 189 g/mol. The summed E-state index contributed by atoms with van der Waals surface area (Å²) in [5.74, 6) is -0.630. The lowest BCUT2D eigenvalue weighted by Crippen LogP contribution is -2.03. The van der Waals surface area contributed by atoms with Gasteiger partial charge in [-0.05, 0) is 19.1 Å². The Kier molecular flexibility index (Phi) is 2.76. The molecule has 6 heteroatoms. The molecule has 0 saturated carbocycles. The van der Waals surface area contributed by atoms with E-state index in [0.29, 0.717) is 0 Å². The normalized spacial score (nSPS) is 11.4. The van der Waals surface area contributed by atoms with Crippen LogP contribution in [0.15, 0.2) is 23.2 Å². The average Bonchev–Trinajstić information content (AvgIpc) is 2.07. The number of benzene rings is 1. The van der Waals surface area contributed by atoms with Crippen molar-refractivity contribution in [1.29, 1.82) is 0 Å². The van der Waals surface area contributed by atoms with E-state index in [2.05, 4.69) is 4.99 Å². The standard InChI is InChI=1S/C8H8FN3O2/c1-5(10)11-6-2-3-7(9)8(4-6)12(13)14/h2-4H,1H3,(H2,10,11). The molecule has 0 atom stereocenters. The van der Waals surface area contributed by atoms with E-state index in [1.54, 1.807) is 0 Å². The molecule has 5 nitrogen and oxygen atoms in total. The Morgan fingerprint density at radius 1 is 1.64 bits per heavy atom. The van der Waals surface area contributed by atoms with Crippen molar-refractivity contribution in [1.82, 2.24) is 0 Å². The highest BCUT2D eigenvalue weighted by atomic mass is 19.1. The van der Waals surface area contributed by atoms with Crippen LogP contribution < -0.4 is 5.73 Å². The summed E-state index contributed by atoms with van der Waals surface area (Å²) in [4.78, 5) is 13.3. The molecule has 0 aliphatic carbocycles. The molecule has 74 valence electrons. The molecule has 14 heavy (non-hydrogen) atoms. The highest BCUT2D eigenvalue weighted by Gasteiger charge is 2.13. The molecule has 0 unspecified atom stereocenters. The summed E-state index contributed by atoms with van der Waals surface area (Å²) in [5, 5.41) is 10.3. The van der Waals surface area contributed by atoms with Crippen LogP contribution in [0.5, 0.6) is 0 Å². The van der Waals surface area contributed by atoms with Gasteiger partial charge in [-0.1, -0.05) is 0 Å². The van der Waals surface area contributed by atoms with Crippen LogP contribution in [0.2, 0.25) is 0 Å². The molecule has 0 aliphatic rings. The topological polar surface area (TPSA) is 81.5 Å². The van der Waals surface area contributed by atoms with E-state index in [1.165, 1.54) is 13.0 Å². The second-order valence-electron chi connectivity index (χ2n) is 2.65. The second-order valence-corrected chi connectivity index (χ2v) is 2.65. The van der Waals surface area contributed by atoms with Gasteiger partial charge in [0.25, 0.3) is 0 Å². The molecule has 0 spiro atoms. The van der Waals surface area contributed by atoms with E-state index >= 15 is 0 Å². The summed E-state index contributed by atoms with van der Waals surface area (Å²) in [6, 6.07) is 3.34. The number of halogens is 1. The summed E-state index contributed by atoms with van der Waals surface area (Å²) in [7, 11) is 0. The van der Waals surface area contributed by atoms with Crippen molar-refractivity contribution in [3.05, 3.63) is 34.1 Å². The average molecular weight is 197 g/mol. The summed E-state index contributed by atoms with van der Waals surface area (Å²) < 4.78 is 12.8. The summed E-state index contributed by atoms with van der Waals surface area (Å²) in [6.07, 6.45) is 0. The van der Waals surface area contributed by atoms with E-state index in [1.807, 2.05) is 0 Å². The Bertz CT molecular complexity index is 400. The van der Waals surface area contributed by atoms with Crippen LogP contribution in [0.1, 0.15) is 6.92 Å². The van der Waals surface area contributed by atoms with Crippen molar-refractivity contribution >= 4 is 17.2 Å². The van der Waals surface area contributed by atoms with Gasteiger partial charge in [-0.2, -0.15) is 4.39 Å². The lowest BCUT2D eigenvalue weighted by Gasteiger charge is -1.96. The van der Waals surface area contributed by atoms with Gasteiger partial charge in [0.2, 0.25) is 5.82 Å². The van der Waals surface area contributed by atoms with Crippen molar-refractivity contribution in [2.24, 2.45) is 10.7 Å². The van der Waals surface area contributed by atoms with Crippen molar-refractivity contribution in [3.63, 3.8) is 0 Å². The van der Waals surface area contributed by atoms with Gasteiger partial charge in [-0.3, -0.25) is 10.1 Å². The highest BCUT2D eigenvalue weighted by molar-refractivity contribution is 5.80. The zero-order chi connectivity index (χ0) is 10.7. The Labute approximate surface area is 79.2 Å². The minimum atomic E-state index is -0.886. The first-order valence-corrected chi connectivity index (χ1v) is 3.75. The molecule has 0 bridgehead atoms. The Hall–Kier alpha value is -1.98. The predicted molar refractivity (Wildman–Crippen MR) is 50.0 cm³/mol. The molecule has 1 rings (SSSR count). The number of aliphatic imine (C=N–C) groups is 1. The Morgan fingerprint density at radius 2 is 2.29 bits per heavy atom. The predicted octanol–water partition coefficient (Wildman–Crippen LogP) is 1.74. The van der Waals surface area contributed by atoms with Crippen molar-refractivity contribution in [2.45, 2.75) is 6.92 Å². The fraction of sp³-hybridized carbons (Fsp3) is 0.125. The lowest BCUT2D eigenvalue weighted by atomic mass is 10.3. The lowest BCUT2D eigenvalue weighted by molar-refractivity contribution is -0.387. The number of nitro groups is 1. The zero-order valence-corrected chi connectivity index (χ0v) is 7.40. The number of hydrogen-bond acceptors (Lipinski definition) is 3. The Morgan fingerprint density at radius 3 is 2.79 bits per heavy atom. The third kappa shape index (κ3) is 2.25. The minimum absolute atomic E-state index is 0.255. The molecular formula is C8H8FN3O2. The quantitative estimate of drug-likeness (QED) is 0.339. The largest absolute Gasteiger partial charge is 0.387 e. The summed E-state index contributed by atoms with van der Waals surface area (Å²) in [5.41, 5.74) is 4.93. The molecule has 0 aromatic heterocycles. The van der Waals surface area contributed by atoms with Crippen molar-refractivity contribution < 1.29 is 9.31 Å². The van der Waals surface area contributed by atoms with Crippen LogP contribution in [0.25, 0.3) is 0 Å². The maximum Gasteiger partial charge on any atom is 0.306 e. The molecule has 2 N–H and O–H groups in total. The maximum absolute atomic E-state index is 12.8. The van der Waals surface area contributed by atoms with Crippen molar-refractivity contribution in [3.8, 4) is 0 Å². The molecule has 0 aliphatic heterocycles. The summed E-state index contributed by atoms with van der Waals surface area (Å²) >= 11 is 0.